The molecule has 112 valence electrons. The van der Waals surface area contributed by atoms with Crippen LogP contribution in [0.15, 0.2) is 72.9 Å². The first kappa shape index (κ1) is 16.0. The van der Waals surface area contributed by atoms with Crippen LogP contribution in [0.3, 0.4) is 0 Å². The smallest absolute Gasteiger partial charge is 0.0702 e. The van der Waals surface area contributed by atoms with Gasteiger partial charge in [-0.15, -0.1) is 0 Å². The van der Waals surface area contributed by atoms with Gasteiger partial charge in [0.1, 0.15) is 0 Å². The molecule has 1 heteroatoms. The highest BCUT2D eigenvalue weighted by molar-refractivity contribution is 5.68. The van der Waals surface area contributed by atoms with Crippen molar-refractivity contribution in [2.45, 2.75) is 27.2 Å². The molecule has 3 aromatic rings. The molecule has 0 spiro atoms. The van der Waals surface area contributed by atoms with Crippen molar-refractivity contribution in [2.75, 3.05) is 0 Å². The highest BCUT2D eigenvalue weighted by Gasteiger charge is 2.00. The standard InChI is InChI=1S/C18H15N.C3H8/c1-14-7-12-18(19-13-14)17-10-8-16(9-11-17)15-5-3-2-4-6-15;1-3-2/h2-13H,1H3;3H2,1-2H3. The first-order valence-electron chi connectivity index (χ1n) is 7.83. The summed E-state index contributed by atoms with van der Waals surface area (Å²) < 4.78 is 0. The molecule has 2 aromatic carbocycles. The number of aromatic nitrogens is 1. The zero-order valence-electron chi connectivity index (χ0n) is 13.6. The van der Waals surface area contributed by atoms with Crippen molar-refractivity contribution in [1.29, 1.82) is 0 Å². The average molecular weight is 289 g/mol. The number of hydrogen-bond donors (Lipinski definition) is 0. The van der Waals surface area contributed by atoms with Gasteiger partial charge in [-0.1, -0.05) is 80.9 Å². The van der Waals surface area contributed by atoms with E-state index in [0.717, 1.165) is 11.3 Å². The van der Waals surface area contributed by atoms with Crippen molar-refractivity contribution < 1.29 is 0 Å². The van der Waals surface area contributed by atoms with Gasteiger partial charge in [-0.05, 0) is 29.7 Å². The normalized spacial score (nSPS) is 9.77. The third-order valence-electron chi connectivity index (χ3n) is 3.20. The third-order valence-corrected chi connectivity index (χ3v) is 3.20. The monoisotopic (exact) mass is 289 g/mol. The molecule has 0 saturated carbocycles. The summed E-state index contributed by atoms with van der Waals surface area (Å²) >= 11 is 0. The molecule has 0 bridgehead atoms. The molecule has 0 unspecified atom stereocenters. The van der Waals surface area contributed by atoms with Crippen molar-refractivity contribution in [3.63, 3.8) is 0 Å². The molecule has 22 heavy (non-hydrogen) atoms. The van der Waals surface area contributed by atoms with Gasteiger partial charge in [0, 0.05) is 11.8 Å². The molecule has 3 rings (SSSR count). The van der Waals surface area contributed by atoms with E-state index >= 15 is 0 Å². The molecule has 0 aliphatic rings. The second-order valence-electron chi connectivity index (χ2n) is 5.37. The molecule has 0 amide bonds. The zero-order chi connectivity index (χ0) is 15.8. The van der Waals surface area contributed by atoms with E-state index in [1.54, 1.807) is 0 Å². The molecule has 1 aromatic heterocycles. The van der Waals surface area contributed by atoms with E-state index in [1.807, 2.05) is 12.3 Å². The molecule has 0 aliphatic heterocycles. The van der Waals surface area contributed by atoms with Gasteiger partial charge >= 0.3 is 0 Å². The largest absolute Gasteiger partial charge is 0.256 e. The topological polar surface area (TPSA) is 12.9 Å². The molecule has 1 nitrogen and oxygen atoms in total. The lowest BCUT2D eigenvalue weighted by molar-refractivity contribution is 1.09. The van der Waals surface area contributed by atoms with Gasteiger partial charge in [0.2, 0.25) is 0 Å². The molecule has 0 aliphatic carbocycles. The minimum atomic E-state index is 1.02. The summed E-state index contributed by atoms with van der Waals surface area (Å²) in [6, 6.07) is 23.1. The lowest BCUT2D eigenvalue weighted by Gasteiger charge is -2.04. The molecule has 0 radical (unpaired) electrons. The van der Waals surface area contributed by atoms with Crippen molar-refractivity contribution in [3.05, 3.63) is 78.5 Å². The number of nitrogens with zero attached hydrogens (tertiary/aromatic N) is 1. The molecule has 0 fully saturated rings. The number of hydrogen-bond acceptors (Lipinski definition) is 1. The van der Waals surface area contributed by atoms with E-state index in [1.165, 1.54) is 23.1 Å². The van der Waals surface area contributed by atoms with Gasteiger partial charge in [-0.3, -0.25) is 4.98 Å². The van der Waals surface area contributed by atoms with Gasteiger partial charge in [0.15, 0.2) is 0 Å². The lowest BCUT2D eigenvalue weighted by Crippen LogP contribution is -1.84. The maximum atomic E-state index is 4.45. The second kappa shape index (κ2) is 8.14. The fourth-order valence-electron chi connectivity index (χ4n) is 2.10. The summed E-state index contributed by atoms with van der Waals surface area (Å²) in [7, 11) is 0. The Labute approximate surface area is 133 Å². The number of benzene rings is 2. The van der Waals surface area contributed by atoms with Crippen LogP contribution in [0.1, 0.15) is 25.8 Å². The highest BCUT2D eigenvalue weighted by Crippen LogP contribution is 2.23. The van der Waals surface area contributed by atoms with Crippen LogP contribution in [-0.4, -0.2) is 4.98 Å². The van der Waals surface area contributed by atoms with Crippen LogP contribution in [0.25, 0.3) is 22.4 Å². The SMILES string of the molecule is CCC.Cc1ccc(-c2ccc(-c3ccccc3)cc2)nc1. The fraction of sp³-hybridized carbons (Fsp3) is 0.190. The van der Waals surface area contributed by atoms with Gasteiger partial charge in [-0.25, -0.2) is 0 Å². The van der Waals surface area contributed by atoms with Crippen LogP contribution in [0.4, 0.5) is 0 Å². The lowest BCUT2D eigenvalue weighted by atomic mass is 10.0. The van der Waals surface area contributed by atoms with Gasteiger partial charge in [-0.2, -0.15) is 0 Å². The quantitative estimate of drug-likeness (QED) is 0.552. The Kier molecular flexibility index (Phi) is 5.91. The Balaban J connectivity index is 0.000000545. The minimum Gasteiger partial charge on any atom is -0.256 e. The number of rotatable bonds is 2. The second-order valence-corrected chi connectivity index (χ2v) is 5.37. The Morgan fingerprint density at radius 2 is 1.23 bits per heavy atom. The Bertz CT molecular complexity index is 667. The van der Waals surface area contributed by atoms with Crippen molar-refractivity contribution in [3.8, 4) is 22.4 Å². The van der Waals surface area contributed by atoms with Crippen molar-refractivity contribution in [1.82, 2.24) is 4.98 Å². The summed E-state index contributed by atoms with van der Waals surface area (Å²) in [4.78, 5) is 4.45. The minimum absolute atomic E-state index is 1.02. The molecule has 0 saturated heterocycles. The predicted molar refractivity (Wildman–Crippen MR) is 95.8 cm³/mol. The highest BCUT2D eigenvalue weighted by atomic mass is 14.7. The molecule has 0 atom stereocenters. The Morgan fingerprint density at radius 1 is 0.682 bits per heavy atom. The Morgan fingerprint density at radius 3 is 1.77 bits per heavy atom. The summed E-state index contributed by atoms with van der Waals surface area (Å²) in [6.45, 7) is 6.30. The van der Waals surface area contributed by atoms with Crippen LogP contribution >= 0.6 is 0 Å². The Hall–Kier alpha value is -2.41. The molecule has 0 N–H and O–H groups in total. The van der Waals surface area contributed by atoms with E-state index in [-0.39, 0.29) is 0 Å². The van der Waals surface area contributed by atoms with E-state index in [4.69, 9.17) is 0 Å². The van der Waals surface area contributed by atoms with E-state index < -0.39 is 0 Å². The van der Waals surface area contributed by atoms with Crippen LogP contribution in [0, 0.1) is 6.92 Å². The van der Waals surface area contributed by atoms with Crippen LogP contribution in [0.2, 0.25) is 0 Å². The van der Waals surface area contributed by atoms with E-state index in [9.17, 15) is 0 Å². The molecule has 1 heterocycles. The van der Waals surface area contributed by atoms with E-state index in [2.05, 4.69) is 86.4 Å². The maximum Gasteiger partial charge on any atom is 0.0702 e. The van der Waals surface area contributed by atoms with Gasteiger partial charge in [0.05, 0.1) is 5.69 Å². The summed E-state index contributed by atoms with van der Waals surface area (Å²) in [6.07, 6.45) is 3.15. The maximum absolute atomic E-state index is 4.45. The number of aryl methyl sites for hydroxylation is 1. The van der Waals surface area contributed by atoms with Gasteiger partial charge in [0.25, 0.3) is 0 Å². The summed E-state index contributed by atoms with van der Waals surface area (Å²) in [5.41, 5.74) is 5.83. The molecular formula is C21H23N. The first-order valence-corrected chi connectivity index (χ1v) is 7.83. The van der Waals surface area contributed by atoms with E-state index in [0.29, 0.717) is 0 Å². The first-order chi connectivity index (χ1) is 10.7. The zero-order valence-corrected chi connectivity index (χ0v) is 13.6. The summed E-state index contributed by atoms with van der Waals surface area (Å²) in [5, 5.41) is 0. The fourth-order valence-corrected chi connectivity index (χ4v) is 2.10. The van der Waals surface area contributed by atoms with Crippen LogP contribution in [0.5, 0.6) is 0 Å². The van der Waals surface area contributed by atoms with Crippen molar-refractivity contribution >= 4 is 0 Å². The van der Waals surface area contributed by atoms with Crippen molar-refractivity contribution in [2.24, 2.45) is 0 Å². The van der Waals surface area contributed by atoms with Crippen LogP contribution < -0.4 is 0 Å². The van der Waals surface area contributed by atoms with Crippen LogP contribution in [-0.2, 0) is 0 Å². The van der Waals surface area contributed by atoms with Gasteiger partial charge < -0.3 is 0 Å². The third kappa shape index (κ3) is 4.29. The number of pyridine rings is 1. The predicted octanol–water partition coefficient (Wildman–Crippen LogP) is 6.14. The average Bonchev–Trinajstić information content (AvgIpc) is 2.57. The molecular weight excluding hydrogens is 266 g/mol. The summed E-state index contributed by atoms with van der Waals surface area (Å²) in [5.74, 6) is 0.